The number of nitrogens with one attached hydrogen (secondary N) is 1. The lowest BCUT2D eigenvalue weighted by atomic mass is 10.1. The van der Waals surface area contributed by atoms with Gasteiger partial charge in [0.05, 0.1) is 5.69 Å². The van der Waals surface area contributed by atoms with Gasteiger partial charge in [-0.05, 0) is 37.3 Å². The number of rotatable bonds is 4. The lowest BCUT2D eigenvalue weighted by Crippen LogP contribution is -2.32. The van der Waals surface area contributed by atoms with Crippen LogP contribution in [0.4, 0.5) is 4.39 Å². The molecule has 2 atom stereocenters. The standard InChI is InChI=1S/C16H17FN2O/c1-11(15-4-2-3-7-18-15)19-10-14-9-12-8-13(17)5-6-16(12)20-14/h2-8,11,14,19H,9-10H2,1H3/t11-,14?/m0/s1. The van der Waals surface area contributed by atoms with E-state index in [9.17, 15) is 4.39 Å². The maximum Gasteiger partial charge on any atom is 0.123 e. The SMILES string of the molecule is C[C@H](NCC1Cc2cc(F)ccc2O1)c1ccccn1. The molecule has 104 valence electrons. The number of nitrogens with zero attached hydrogens (tertiary/aromatic N) is 1. The summed E-state index contributed by atoms with van der Waals surface area (Å²) in [5, 5.41) is 3.41. The molecule has 1 aliphatic rings. The van der Waals surface area contributed by atoms with Crippen LogP contribution < -0.4 is 10.1 Å². The van der Waals surface area contributed by atoms with Crippen LogP contribution in [0.25, 0.3) is 0 Å². The van der Waals surface area contributed by atoms with E-state index in [0.29, 0.717) is 6.54 Å². The van der Waals surface area contributed by atoms with Gasteiger partial charge >= 0.3 is 0 Å². The minimum absolute atomic E-state index is 0.0537. The molecule has 1 N–H and O–H groups in total. The number of ether oxygens (including phenoxy) is 1. The second kappa shape index (κ2) is 5.59. The predicted octanol–water partition coefficient (Wildman–Crippen LogP) is 2.88. The smallest absolute Gasteiger partial charge is 0.123 e. The van der Waals surface area contributed by atoms with Gasteiger partial charge in [-0.1, -0.05) is 6.07 Å². The van der Waals surface area contributed by atoms with Gasteiger partial charge in [0, 0.05) is 30.8 Å². The third kappa shape index (κ3) is 2.80. The van der Waals surface area contributed by atoms with Crippen molar-refractivity contribution in [2.75, 3.05) is 6.54 Å². The first-order chi connectivity index (χ1) is 9.72. The molecular formula is C16H17FN2O. The lowest BCUT2D eigenvalue weighted by Gasteiger charge is -2.16. The zero-order valence-corrected chi connectivity index (χ0v) is 11.3. The first kappa shape index (κ1) is 13.1. The molecule has 4 heteroatoms. The summed E-state index contributed by atoms with van der Waals surface area (Å²) in [4.78, 5) is 4.32. The van der Waals surface area contributed by atoms with E-state index in [-0.39, 0.29) is 18.0 Å². The van der Waals surface area contributed by atoms with Crippen molar-refractivity contribution in [1.82, 2.24) is 10.3 Å². The average molecular weight is 272 g/mol. The predicted molar refractivity (Wildman–Crippen MR) is 75.2 cm³/mol. The molecule has 2 heterocycles. The molecule has 0 fully saturated rings. The fourth-order valence-corrected chi connectivity index (χ4v) is 2.45. The number of fused-ring (bicyclic) bond motifs is 1. The fourth-order valence-electron chi connectivity index (χ4n) is 2.45. The molecule has 3 rings (SSSR count). The van der Waals surface area contributed by atoms with Gasteiger partial charge in [-0.2, -0.15) is 0 Å². The van der Waals surface area contributed by atoms with E-state index in [1.165, 1.54) is 6.07 Å². The summed E-state index contributed by atoms with van der Waals surface area (Å²) in [5.74, 6) is 0.589. The molecule has 1 unspecified atom stereocenters. The van der Waals surface area contributed by atoms with Crippen molar-refractivity contribution in [3.05, 3.63) is 59.7 Å². The molecule has 0 amide bonds. The average Bonchev–Trinajstić information content (AvgIpc) is 2.87. The van der Waals surface area contributed by atoms with Crippen molar-refractivity contribution in [3.8, 4) is 5.75 Å². The maximum atomic E-state index is 13.1. The summed E-state index contributed by atoms with van der Waals surface area (Å²) < 4.78 is 18.9. The van der Waals surface area contributed by atoms with Crippen LogP contribution >= 0.6 is 0 Å². The van der Waals surface area contributed by atoms with Crippen molar-refractivity contribution >= 4 is 0 Å². The first-order valence-corrected chi connectivity index (χ1v) is 6.82. The Balaban J connectivity index is 1.56. The zero-order valence-electron chi connectivity index (χ0n) is 11.3. The molecular weight excluding hydrogens is 255 g/mol. The Labute approximate surface area is 117 Å². The number of aromatic nitrogens is 1. The van der Waals surface area contributed by atoms with Crippen molar-refractivity contribution in [2.24, 2.45) is 0 Å². The van der Waals surface area contributed by atoms with Crippen molar-refractivity contribution in [1.29, 1.82) is 0 Å². The van der Waals surface area contributed by atoms with Gasteiger partial charge in [0.25, 0.3) is 0 Å². The summed E-state index contributed by atoms with van der Waals surface area (Å²) in [7, 11) is 0. The van der Waals surface area contributed by atoms with Crippen molar-refractivity contribution in [3.63, 3.8) is 0 Å². The van der Waals surface area contributed by atoms with Gasteiger partial charge in [0.2, 0.25) is 0 Å². The Morgan fingerprint density at radius 3 is 3.10 bits per heavy atom. The van der Waals surface area contributed by atoms with E-state index < -0.39 is 0 Å². The molecule has 0 radical (unpaired) electrons. The summed E-state index contributed by atoms with van der Waals surface area (Å²) in [5.41, 5.74) is 1.95. The highest BCUT2D eigenvalue weighted by atomic mass is 19.1. The summed E-state index contributed by atoms with van der Waals surface area (Å²) in [6.45, 7) is 2.79. The van der Waals surface area contributed by atoms with Gasteiger partial charge in [0.1, 0.15) is 17.7 Å². The summed E-state index contributed by atoms with van der Waals surface area (Å²) >= 11 is 0. The number of benzene rings is 1. The van der Waals surface area contributed by atoms with Crippen molar-refractivity contribution < 1.29 is 9.13 Å². The highest BCUT2D eigenvalue weighted by molar-refractivity contribution is 5.37. The third-order valence-corrected chi connectivity index (χ3v) is 3.55. The van der Waals surface area contributed by atoms with E-state index in [1.54, 1.807) is 18.3 Å². The highest BCUT2D eigenvalue weighted by Gasteiger charge is 2.23. The van der Waals surface area contributed by atoms with E-state index in [4.69, 9.17) is 4.74 Å². The molecule has 1 aromatic heterocycles. The minimum Gasteiger partial charge on any atom is -0.488 e. The molecule has 0 saturated carbocycles. The number of hydrogen-bond acceptors (Lipinski definition) is 3. The Morgan fingerprint density at radius 2 is 2.30 bits per heavy atom. The molecule has 0 bridgehead atoms. The molecule has 2 aromatic rings. The fraction of sp³-hybridized carbons (Fsp3) is 0.312. The maximum absolute atomic E-state index is 13.1. The van der Waals surface area contributed by atoms with Gasteiger partial charge in [-0.3, -0.25) is 4.98 Å². The minimum atomic E-state index is -0.206. The van der Waals surface area contributed by atoms with Crippen LogP contribution in [0, 0.1) is 5.82 Å². The second-order valence-electron chi connectivity index (χ2n) is 5.08. The topological polar surface area (TPSA) is 34.1 Å². The van der Waals surface area contributed by atoms with E-state index >= 15 is 0 Å². The molecule has 1 aliphatic heterocycles. The summed E-state index contributed by atoms with van der Waals surface area (Å²) in [6.07, 6.45) is 2.59. The van der Waals surface area contributed by atoms with Crippen LogP contribution in [-0.4, -0.2) is 17.6 Å². The monoisotopic (exact) mass is 272 g/mol. The number of hydrogen-bond donors (Lipinski definition) is 1. The van der Waals surface area contributed by atoms with E-state index in [0.717, 1.165) is 23.4 Å². The van der Waals surface area contributed by atoms with Crippen LogP contribution in [0.15, 0.2) is 42.6 Å². The normalized spacial score (nSPS) is 18.4. The Bertz CT molecular complexity index is 588. The van der Waals surface area contributed by atoms with Gasteiger partial charge in [0.15, 0.2) is 0 Å². The quantitative estimate of drug-likeness (QED) is 0.929. The second-order valence-corrected chi connectivity index (χ2v) is 5.08. The lowest BCUT2D eigenvalue weighted by molar-refractivity contribution is 0.222. The van der Waals surface area contributed by atoms with Crippen LogP contribution in [0.1, 0.15) is 24.2 Å². The molecule has 3 nitrogen and oxygen atoms in total. The zero-order chi connectivity index (χ0) is 13.9. The third-order valence-electron chi connectivity index (χ3n) is 3.55. The van der Waals surface area contributed by atoms with Crippen LogP contribution in [0.3, 0.4) is 0 Å². The van der Waals surface area contributed by atoms with Gasteiger partial charge < -0.3 is 10.1 Å². The first-order valence-electron chi connectivity index (χ1n) is 6.82. The van der Waals surface area contributed by atoms with E-state index in [1.807, 2.05) is 18.2 Å². The highest BCUT2D eigenvalue weighted by Crippen LogP contribution is 2.29. The van der Waals surface area contributed by atoms with Gasteiger partial charge in [-0.15, -0.1) is 0 Å². The Hall–Kier alpha value is -1.94. The van der Waals surface area contributed by atoms with Crippen molar-refractivity contribution in [2.45, 2.75) is 25.5 Å². The van der Waals surface area contributed by atoms with Crippen LogP contribution in [0.2, 0.25) is 0 Å². The largest absolute Gasteiger partial charge is 0.488 e. The van der Waals surface area contributed by atoms with Gasteiger partial charge in [-0.25, -0.2) is 4.39 Å². The van der Waals surface area contributed by atoms with Crippen LogP contribution in [-0.2, 0) is 6.42 Å². The van der Waals surface area contributed by atoms with E-state index in [2.05, 4.69) is 17.2 Å². The van der Waals surface area contributed by atoms with Crippen LogP contribution in [0.5, 0.6) is 5.75 Å². The Morgan fingerprint density at radius 1 is 1.40 bits per heavy atom. The molecule has 0 spiro atoms. The molecule has 20 heavy (non-hydrogen) atoms. The summed E-state index contributed by atoms with van der Waals surface area (Å²) in [6, 6.07) is 10.7. The molecule has 0 aliphatic carbocycles. The number of halogens is 1. The number of pyridine rings is 1. The molecule has 0 saturated heterocycles. The molecule has 1 aromatic carbocycles. The Kier molecular flexibility index (Phi) is 3.65.